The Morgan fingerprint density at radius 2 is 1.79 bits per heavy atom. The number of hydrogen-bond acceptors (Lipinski definition) is 4. The molecule has 1 N–H and O–H groups in total. The van der Waals surface area contributed by atoms with Crippen LogP contribution in [-0.2, 0) is 36.7 Å². The van der Waals surface area contributed by atoms with Crippen molar-refractivity contribution in [3.63, 3.8) is 0 Å². The standard InChI is InChI=1S/C28H24NO.C5H8O2.Ir/c1-16(2)12-17-8-9-18-14-20-22(15-19(18)13-17)28(3,4)21-6-5-7-23-25(21)26-24(30-23)10-11-29-27(20)26;1-4(6)3-5(2)7;/h5-11,13,15-16H,12H2,1-4H3;3,6H,1-2H3;/q-1;;/b;4-3-;. The van der Waals surface area contributed by atoms with Gasteiger partial charge in [-0.3, -0.25) is 9.78 Å². The van der Waals surface area contributed by atoms with E-state index in [1.54, 1.807) is 0 Å². The van der Waals surface area contributed by atoms with Crippen molar-refractivity contribution in [1.29, 1.82) is 0 Å². The second-order valence-corrected chi connectivity index (χ2v) is 10.9. The Labute approximate surface area is 237 Å². The summed E-state index contributed by atoms with van der Waals surface area (Å²) in [7, 11) is 0. The molecule has 0 amide bonds. The fourth-order valence-corrected chi connectivity index (χ4v) is 5.47. The molecule has 0 atom stereocenters. The molecule has 2 aromatic heterocycles. The minimum absolute atomic E-state index is 0. The van der Waals surface area contributed by atoms with E-state index in [9.17, 15) is 4.79 Å². The first-order valence-corrected chi connectivity index (χ1v) is 12.7. The zero-order valence-corrected chi connectivity index (χ0v) is 25.0. The number of carbonyl (C=O) groups excluding carboxylic acids is 1. The van der Waals surface area contributed by atoms with Crippen molar-refractivity contribution in [2.45, 2.75) is 53.4 Å². The van der Waals surface area contributed by atoms with Gasteiger partial charge in [-0.15, -0.1) is 23.6 Å². The van der Waals surface area contributed by atoms with E-state index in [0.29, 0.717) is 5.92 Å². The van der Waals surface area contributed by atoms with Gasteiger partial charge in [0.15, 0.2) is 5.78 Å². The van der Waals surface area contributed by atoms with E-state index in [2.05, 4.69) is 76.2 Å². The largest absolute Gasteiger partial charge is 0.512 e. The summed E-state index contributed by atoms with van der Waals surface area (Å²) in [6, 6.07) is 21.3. The number of pyridine rings is 1. The fourth-order valence-electron chi connectivity index (χ4n) is 5.47. The summed E-state index contributed by atoms with van der Waals surface area (Å²) in [5.41, 5.74) is 7.66. The van der Waals surface area contributed by atoms with E-state index in [-0.39, 0.29) is 37.1 Å². The van der Waals surface area contributed by atoms with Crippen molar-refractivity contribution in [2.75, 3.05) is 0 Å². The van der Waals surface area contributed by atoms with Crippen molar-refractivity contribution < 1.29 is 34.4 Å². The first kappa shape index (κ1) is 27.8. The summed E-state index contributed by atoms with van der Waals surface area (Å²) >= 11 is 0. The number of nitrogens with zero attached hydrogens (tertiary/aromatic N) is 1. The minimum atomic E-state index is -0.189. The van der Waals surface area contributed by atoms with Crippen LogP contribution >= 0.6 is 0 Å². The second kappa shape index (κ2) is 10.5. The number of hydrogen-bond donors (Lipinski definition) is 1. The zero-order chi connectivity index (χ0) is 26.5. The van der Waals surface area contributed by atoms with Gasteiger partial charge in [-0.1, -0.05) is 74.0 Å². The molecular formula is C33H32IrNO3-. The van der Waals surface area contributed by atoms with Crippen LogP contribution in [-0.4, -0.2) is 15.9 Å². The maximum absolute atomic E-state index is 10.0. The molecule has 0 spiro atoms. The van der Waals surface area contributed by atoms with Crippen molar-refractivity contribution in [3.8, 4) is 11.3 Å². The van der Waals surface area contributed by atoms with Gasteiger partial charge in [0.25, 0.3) is 0 Å². The van der Waals surface area contributed by atoms with Gasteiger partial charge in [-0.05, 0) is 49.3 Å². The SMILES string of the molecule is CC(=O)/C=C(/C)O.CC(C)Cc1ccc2[c-]c3c(cc2c1)C(C)(C)c1cccc2oc4ccnc-3c4c12.[Ir]. The normalized spacial score (nSPS) is 13.7. The Balaban J connectivity index is 0.000000375. The smallest absolute Gasteiger partial charge is 0.155 e. The molecule has 197 valence electrons. The first-order chi connectivity index (χ1) is 17.6. The third kappa shape index (κ3) is 4.93. The molecule has 0 bridgehead atoms. The molecule has 0 fully saturated rings. The van der Waals surface area contributed by atoms with E-state index < -0.39 is 0 Å². The van der Waals surface area contributed by atoms with E-state index in [4.69, 9.17) is 14.5 Å². The fraction of sp³-hybridized carbons (Fsp3) is 0.273. The number of aromatic nitrogens is 1. The second-order valence-electron chi connectivity index (χ2n) is 10.9. The van der Waals surface area contributed by atoms with E-state index in [1.807, 2.05) is 12.3 Å². The topological polar surface area (TPSA) is 63.3 Å². The van der Waals surface area contributed by atoms with Gasteiger partial charge in [0, 0.05) is 48.8 Å². The van der Waals surface area contributed by atoms with Gasteiger partial charge in [0.1, 0.15) is 11.2 Å². The first-order valence-electron chi connectivity index (χ1n) is 12.7. The summed E-state index contributed by atoms with van der Waals surface area (Å²) in [4.78, 5) is 14.8. The number of aliphatic hydroxyl groups excluding tert-OH is 1. The molecule has 3 aromatic carbocycles. The van der Waals surface area contributed by atoms with Gasteiger partial charge in [0.2, 0.25) is 0 Å². The quantitative estimate of drug-likeness (QED) is 0.118. The maximum atomic E-state index is 10.0. The third-order valence-corrected chi connectivity index (χ3v) is 6.99. The molecule has 6 rings (SSSR count). The minimum Gasteiger partial charge on any atom is -0.512 e. The van der Waals surface area contributed by atoms with Gasteiger partial charge in [-0.2, -0.15) is 0 Å². The Morgan fingerprint density at radius 3 is 2.45 bits per heavy atom. The number of benzene rings is 3. The monoisotopic (exact) mass is 683 g/mol. The van der Waals surface area contributed by atoms with Gasteiger partial charge >= 0.3 is 0 Å². The Hall–Kier alpha value is -3.27. The van der Waals surface area contributed by atoms with Crippen LogP contribution in [0.3, 0.4) is 0 Å². The number of aliphatic hydroxyl groups is 1. The van der Waals surface area contributed by atoms with Crippen LogP contribution in [0.25, 0.3) is 44.0 Å². The maximum Gasteiger partial charge on any atom is 0.155 e. The van der Waals surface area contributed by atoms with Crippen LogP contribution in [0.4, 0.5) is 0 Å². The van der Waals surface area contributed by atoms with Crippen molar-refractivity contribution in [1.82, 2.24) is 4.98 Å². The molecule has 0 saturated carbocycles. The molecule has 5 heteroatoms. The predicted molar refractivity (Wildman–Crippen MR) is 151 cm³/mol. The Kier molecular flexibility index (Phi) is 7.65. The summed E-state index contributed by atoms with van der Waals surface area (Å²) in [6.07, 6.45) is 4.11. The molecule has 1 aliphatic carbocycles. The number of carbonyl (C=O) groups is 1. The van der Waals surface area contributed by atoms with Crippen LogP contribution in [0.1, 0.15) is 58.2 Å². The third-order valence-electron chi connectivity index (χ3n) is 6.99. The molecule has 1 radical (unpaired) electrons. The molecule has 5 aromatic rings. The average molecular weight is 683 g/mol. The van der Waals surface area contributed by atoms with Crippen molar-refractivity contribution in [2.24, 2.45) is 5.92 Å². The van der Waals surface area contributed by atoms with Crippen LogP contribution in [0.15, 0.2) is 71.0 Å². The number of allylic oxidation sites excluding steroid dienone is 2. The molecule has 0 aliphatic heterocycles. The molecule has 38 heavy (non-hydrogen) atoms. The zero-order valence-electron chi connectivity index (χ0n) is 22.6. The molecule has 0 unspecified atom stereocenters. The molecule has 1 aliphatic rings. The summed E-state index contributed by atoms with van der Waals surface area (Å²) < 4.78 is 6.20. The van der Waals surface area contributed by atoms with Crippen LogP contribution in [0, 0.1) is 12.0 Å². The van der Waals surface area contributed by atoms with E-state index >= 15 is 0 Å². The van der Waals surface area contributed by atoms with Crippen molar-refractivity contribution >= 4 is 38.5 Å². The molecule has 2 heterocycles. The summed E-state index contributed by atoms with van der Waals surface area (Å²) in [6.45, 7) is 12.0. The Bertz CT molecular complexity index is 1700. The van der Waals surface area contributed by atoms with E-state index in [0.717, 1.165) is 39.6 Å². The van der Waals surface area contributed by atoms with Crippen LogP contribution < -0.4 is 0 Å². The number of fused-ring (bicyclic) bond motifs is 3. The van der Waals surface area contributed by atoms with Crippen LogP contribution in [0.2, 0.25) is 0 Å². The average Bonchev–Trinajstić information content (AvgIpc) is 3.17. The molecule has 0 saturated heterocycles. The number of rotatable bonds is 3. The molecule has 4 nitrogen and oxygen atoms in total. The van der Waals surface area contributed by atoms with Gasteiger partial charge in [0.05, 0.1) is 5.76 Å². The number of furan rings is 1. The summed E-state index contributed by atoms with van der Waals surface area (Å²) in [5.74, 6) is 0.578. The molecular weight excluding hydrogens is 651 g/mol. The predicted octanol–water partition coefficient (Wildman–Crippen LogP) is 8.47. The van der Waals surface area contributed by atoms with Gasteiger partial charge in [-0.25, -0.2) is 0 Å². The van der Waals surface area contributed by atoms with Crippen molar-refractivity contribution in [3.05, 3.63) is 89.3 Å². The van der Waals surface area contributed by atoms with Gasteiger partial charge < -0.3 is 9.52 Å². The van der Waals surface area contributed by atoms with E-state index in [1.165, 1.54) is 47.4 Å². The number of ketones is 1. The van der Waals surface area contributed by atoms with Crippen LogP contribution in [0.5, 0.6) is 0 Å². The Morgan fingerprint density at radius 1 is 1.05 bits per heavy atom. The summed E-state index contributed by atoms with van der Waals surface area (Å²) in [5, 5.41) is 13.1.